The standard InChI is InChI=1S/C16H14FIN2S/c1-2-3-10-4-6-11(7-5-10)20-15-8-12(17)13(18)9-14(15)19-16(20)21/h4-9H,2-3H2,1H3,(H,19,21). The molecule has 3 rings (SSSR count). The average Bonchev–Trinajstić information content (AvgIpc) is 2.76. The van der Waals surface area contributed by atoms with Gasteiger partial charge in [0.1, 0.15) is 5.82 Å². The van der Waals surface area contributed by atoms with Crippen molar-refractivity contribution in [2.45, 2.75) is 19.8 Å². The molecule has 0 aliphatic heterocycles. The Labute approximate surface area is 141 Å². The number of hydrogen-bond acceptors (Lipinski definition) is 1. The number of hydrogen-bond donors (Lipinski definition) is 1. The van der Waals surface area contributed by atoms with Crippen LogP contribution in [0.2, 0.25) is 0 Å². The molecular weight excluding hydrogens is 398 g/mol. The molecule has 1 heterocycles. The van der Waals surface area contributed by atoms with Gasteiger partial charge in [-0.05, 0) is 65.0 Å². The Morgan fingerprint density at radius 1 is 1.24 bits per heavy atom. The summed E-state index contributed by atoms with van der Waals surface area (Å²) in [4.78, 5) is 3.14. The van der Waals surface area contributed by atoms with Crippen molar-refractivity contribution in [2.24, 2.45) is 0 Å². The number of aromatic nitrogens is 2. The van der Waals surface area contributed by atoms with Gasteiger partial charge < -0.3 is 4.98 Å². The van der Waals surface area contributed by atoms with E-state index in [2.05, 4.69) is 24.0 Å². The molecule has 0 unspecified atom stereocenters. The normalized spacial score (nSPS) is 11.2. The van der Waals surface area contributed by atoms with Gasteiger partial charge in [0.2, 0.25) is 0 Å². The van der Waals surface area contributed by atoms with E-state index in [0.717, 1.165) is 29.6 Å². The molecule has 0 saturated heterocycles. The van der Waals surface area contributed by atoms with E-state index >= 15 is 0 Å². The second kappa shape index (κ2) is 5.88. The van der Waals surface area contributed by atoms with E-state index in [4.69, 9.17) is 12.2 Å². The van der Waals surface area contributed by atoms with Crippen LogP contribution in [0.15, 0.2) is 36.4 Å². The van der Waals surface area contributed by atoms with Crippen LogP contribution in [0.25, 0.3) is 16.7 Å². The van der Waals surface area contributed by atoms with Gasteiger partial charge in [-0.25, -0.2) is 4.39 Å². The quantitative estimate of drug-likeness (QED) is 0.452. The lowest BCUT2D eigenvalue weighted by atomic mass is 10.1. The van der Waals surface area contributed by atoms with Gasteiger partial charge in [0.25, 0.3) is 0 Å². The molecule has 108 valence electrons. The van der Waals surface area contributed by atoms with Crippen LogP contribution in [0.1, 0.15) is 18.9 Å². The van der Waals surface area contributed by atoms with Gasteiger partial charge in [-0.15, -0.1) is 0 Å². The van der Waals surface area contributed by atoms with E-state index in [0.29, 0.717) is 8.34 Å². The third-order valence-corrected chi connectivity index (χ3v) is 4.57. The highest BCUT2D eigenvalue weighted by Crippen LogP contribution is 2.24. The molecule has 3 aromatic rings. The van der Waals surface area contributed by atoms with Crippen molar-refractivity contribution in [1.82, 2.24) is 9.55 Å². The van der Waals surface area contributed by atoms with Crippen molar-refractivity contribution < 1.29 is 4.39 Å². The molecule has 0 spiro atoms. The number of imidazole rings is 1. The first-order chi connectivity index (χ1) is 10.1. The first kappa shape index (κ1) is 14.7. The van der Waals surface area contributed by atoms with E-state index in [1.165, 1.54) is 11.6 Å². The van der Waals surface area contributed by atoms with Crippen LogP contribution in [0.4, 0.5) is 4.39 Å². The molecule has 5 heteroatoms. The Morgan fingerprint density at radius 2 is 1.95 bits per heavy atom. The third kappa shape index (κ3) is 2.76. The topological polar surface area (TPSA) is 20.7 Å². The lowest BCUT2D eigenvalue weighted by Gasteiger charge is -2.06. The summed E-state index contributed by atoms with van der Waals surface area (Å²) in [7, 11) is 0. The summed E-state index contributed by atoms with van der Waals surface area (Å²) in [6.07, 6.45) is 2.18. The number of aryl methyl sites for hydroxylation is 1. The van der Waals surface area contributed by atoms with Crippen LogP contribution >= 0.6 is 34.8 Å². The molecule has 0 aliphatic carbocycles. The third-order valence-electron chi connectivity index (χ3n) is 3.46. The maximum Gasteiger partial charge on any atom is 0.182 e. The zero-order chi connectivity index (χ0) is 15.0. The van der Waals surface area contributed by atoms with Gasteiger partial charge in [-0.3, -0.25) is 4.57 Å². The monoisotopic (exact) mass is 412 g/mol. The Hall–Kier alpha value is -1.21. The summed E-state index contributed by atoms with van der Waals surface area (Å²) in [5, 5.41) is 0. The van der Waals surface area contributed by atoms with Gasteiger partial charge >= 0.3 is 0 Å². The summed E-state index contributed by atoms with van der Waals surface area (Å²) in [6, 6.07) is 11.6. The lowest BCUT2D eigenvalue weighted by Crippen LogP contribution is -1.95. The fraction of sp³-hybridized carbons (Fsp3) is 0.188. The molecule has 2 aromatic carbocycles. The Kier molecular flexibility index (Phi) is 4.12. The summed E-state index contributed by atoms with van der Waals surface area (Å²) in [6.45, 7) is 2.16. The van der Waals surface area contributed by atoms with Crippen LogP contribution in [0, 0.1) is 14.2 Å². The number of aromatic amines is 1. The molecule has 2 nitrogen and oxygen atoms in total. The largest absolute Gasteiger partial charge is 0.330 e. The molecule has 1 N–H and O–H groups in total. The minimum absolute atomic E-state index is 0.228. The predicted molar refractivity (Wildman–Crippen MR) is 95.1 cm³/mol. The molecule has 0 radical (unpaired) electrons. The maximum atomic E-state index is 13.8. The first-order valence-corrected chi connectivity index (χ1v) is 8.28. The van der Waals surface area contributed by atoms with Crippen molar-refractivity contribution in [1.29, 1.82) is 0 Å². The molecule has 0 atom stereocenters. The molecule has 0 aliphatic rings. The molecule has 1 aromatic heterocycles. The van der Waals surface area contributed by atoms with Gasteiger partial charge in [0, 0.05) is 11.8 Å². The highest BCUT2D eigenvalue weighted by Gasteiger charge is 2.10. The van der Waals surface area contributed by atoms with Gasteiger partial charge in [0.05, 0.1) is 14.6 Å². The van der Waals surface area contributed by atoms with E-state index in [9.17, 15) is 4.39 Å². The van der Waals surface area contributed by atoms with Crippen molar-refractivity contribution in [3.05, 3.63) is 56.1 Å². The van der Waals surface area contributed by atoms with Gasteiger partial charge in [0.15, 0.2) is 4.77 Å². The number of halogens is 2. The number of rotatable bonds is 3. The summed E-state index contributed by atoms with van der Waals surface area (Å²) in [5.41, 5.74) is 3.87. The molecule has 21 heavy (non-hydrogen) atoms. The van der Waals surface area contributed by atoms with Crippen molar-refractivity contribution >= 4 is 45.8 Å². The minimum Gasteiger partial charge on any atom is -0.330 e. The molecule has 0 fully saturated rings. The second-order valence-corrected chi connectivity index (χ2v) is 6.51. The van der Waals surface area contributed by atoms with Crippen LogP contribution in [-0.4, -0.2) is 9.55 Å². The molecule has 0 amide bonds. The molecule has 0 bridgehead atoms. The van der Waals surface area contributed by atoms with Crippen LogP contribution in [-0.2, 0) is 6.42 Å². The van der Waals surface area contributed by atoms with Crippen LogP contribution in [0.3, 0.4) is 0 Å². The summed E-state index contributed by atoms with van der Waals surface area (Å²) >= 11 is 7.37. The zero-order valence-corrected chi connectivity index (χ0v) is 14.5. The predicted octanol–water partition coefficient (Wildman–Crippen LogP) is 5.38. The Morgan fingerprint density at radius 3 is 2.62 bits per heavy atom. The fourth-order valence-electron chi connectivity index (χ4n) is 2.46. The molecule has 0 saturated carbocycles. The lowest BCUT2D eigenvalue weighted by molar-refractivity contribution is 0.622. The maximum absolute atomic E-state index is 13.8. The second-order valence-electron chi connectivity index (χ2n) is 4.97. The van der Waals surface area contributed by atoms with Crippen molar-refractivity contribution in [3.63, 3.8) is 0 Å². The highest BCUT2D eigenvalue weighted by molar-refractivity contribution is 14.1. The Balaban J connectivity index is 2.17. The highest BCUT2D eigenvalue weighted by atomic mass is 127. The zero-order valence-electron chi connectivity index (χ0n) is 11.5. The first-order valence-electron chi connectivity index (χ1n) is 6.79. The number of nitrogens with one attached hydrogen (secondary N) is 1. The molecular formula is C16H14FIN2S. The van der Waals surface area contributed by atoms with Crippen LogP contribution < -0.4 is 0 Å². The number of nitrogens with zero attached hydrogens (tertiary/aromatic N) is 1. The van der Waals surface area contributed by atoms with E-state index in [1.54, 1.807) is 6.07 Å². The van der Waals surface area contributed by atoms with Gasteiger partial charge in [-0.2, -0.15) is 0 Å². The number of benzene rings is 2. The summed E-state index contributed by atoms with van der Waals surface area (Å²) in [5.74, 6) is -0.228. The minimum atomic E-state index is -0.228. The van der Waals surface area contributed by atoms with Crippen molar-refractivity contribution in [3.8, 4) is 5.69 Å². The van der Waals surface area contributed by atoms with Crippen molar-refractivity contribution in [2.75, 3.05) is 0 Å². The fourth-order valence-corrected chi connectivity index (χ4v) is 3.24. The van der Waals surface area contributed by atoms with E-state index in [-0.39, 0.29) is 5.82 Å². The average molecular weight is 412 g/mol. The SMILES string of the molecule is CCCc1ccc(-n2c(=S)[nH]c3cc(I)c(F)cc32)cc1. The summed E-state index contributed by atoms with van der Waals surface area (Å²) < 4.78 is 16.9. The van der Waals surface area contributed by atoms with Gasteiger partial charge in [-0.1, -0.05) is 25.5 Å². The number of H-pyrrole nitrogens is 1. The van der Waals surface area contributed by atoms with Crippen LogP contribution in [0.5, 0.6) is 0 Å². The van der Waals surface area contributed by atoms with E-state index < -0.39 is 0 Å². The Bertz CT molecular complexity index is 849. The smallest absolute Gasteiger partial charge is 0.182 e. The van der Waals surface area contributed by atoms with E-state index in [1.807, 2.05) is 39.3 Å². The number of fused-ring (bicyclic) bond motifs is 1.